The Labute approximate surface area is 169 Å². The molecule has 1 saturated heterocycles. The first-order valence-corrected chi connectivity index (χ1v) is 11.2. The molecular weight excluding hydrogens is 401 g/mol. The summed E-state index contributed by atoms with van der Waals surface area (Å²) in [6.07, 6.45) is 3.31. The predicted octanol–water partition coefficient (Wildman–Crippen LogP) is 1.05. The van der Waals surface area contributed by atoms with E-state index < -0.39 is 33.9 Å². The lowest BCUT2D eigenvalue weighted by atomic mass is 10.2. The van der Waals surface area contributed by atoms with Crippen molar-refractivity contribution in [3.05, 3.63) is 29.6 Å². The second-order valence-electron chi connectivity index (χ2n) is 7.37. The fraction of sp³-hybridized carbons (Fsp3) is 0.579. The SMILES string of the molecule is Cc1cc(S(=O)(=O)N2CCCO[C@H]2CNC(=O)C(=O)NC2CCCC2)ccc1F. The number of carbonyl (C=O) groups is 2. The number of ether oxygens (including phenoxy) is 1. The molecule has 10 heteroatoms. The van der Waals surface area contributed by atoms with Gasteiger partial charge >= 0.3 is 11.8 Å². The molecule has 2 amide bonds. The van der Waals surface area contributed by atoms with Crippen molar-refractivity contribution >= 4 is 21.8 Å². The highest BCUT2D eigenvalue weighted by Gasteiger charge is 2.35. The second kappa shape index (κ2) is 9.19. The van der Waals surface area contributed by atoms with Crippen LogP contribution in [0.3, 0.4) is 0 Å². The second-order valence-corrected chi connectivity index (χ2v) is 9.26. The van der Waals surface area contributed by atoms with Crippen molar-refractivity contribution in [1.82, 2.24) is 14.9 Å². The molecule has 3 rings (SSSR count). The number of aryl methyl sites for hydroxylation is 1. The van der Waals surface area contributed by atoms with Crippen molar-refractivity contribution in [1.29, 1.82) is 0 Å². The highest BCUT2D eigenvalue weighted by atomic mass is 32.2. The Morgan fingerprint density at radius 3 is 2.62 bits per heavy atom. The number of amides is 2. The zero-order valence-electron chi connectivity index (χ0n) is 16.3. The number of hydrogen-bond acceptors (Lipinski definition) is 5. The topological polar surface area (TPSA) is 105 Å². The number of hydrogen-bond donors (Lipinski definition) is 2. The van der Waals surface area contributed by atoms with E-state index in [1.807, 2.05) is 0 Å². The van der Waals surface area contributed by atoms with Crippen molar-refractivity contribution in [3.63, 3.8) is 0 Å². The van der Waals surface area contributed by atoms with Gasteiger partial charge < -0.3 is 15.4 Å². The van der Waals surface area contributed by atoms with E-state index in [9.17, 15) is 22.4 Å². The van der Waals surface area contributed by atoms with Crippen molar-refractivity contribution in [3.8, 4) is 0 Å². The van der Waals surface area contributed by atoms with E-state index in [-0.39, 0.29) is 29.6 Å². The maximum absolute atomic E-state index is 13.5. The fourth-order valence-corrected chi connectivity index (χ4v) is 5.25. The summed E-state index contributed by atoms with van der Waals surface area (Å²) in [7, 11) is -3.95. The maximum Gasteiger partial charge on any atom is 0.309 e. The van der Waals surface area contributed by atoms with Crippen molar-refractivity contribution in [2.75, 3.05) is 19.7 Å². The third-order valence-corrected chi connectivity index (χ3v) is 7.11. The van der Waals surface area contributed by atoms with Crippen LogP contribution in [0.5, 0.6) is 0 Å². The molecular formula is C19H26FN3O5S. The number of nitrogens with zero attached hydrogens (tertiary/aromatic N) is 1. The Hall–Kier alpha value is -2.04. The summed E-state index contributed by atoms with van der Waals surface area (Å²) in [5, 5.41) is 5.14. The number of rotatable bonds is 5. The molecule has 2 aliphatic rings. The molecule has 29 heavy (non-hydrogen) atoms. The normalized spacial score (nSPS) is 21.1. The average Bonchev–Trinajstić information content (AvgIpc) is 3.21. The van der Waals surface area contributed by atoms with Gasteiger partial charge in [-0.2, -0.15) is 4.31 Å². The summed E-state index contributed by atoms with van der Waals surface area (Å²) in [4.78, 5) is 24.1. The van der Waals surface area contributed by atoms with E-state index in [4.69, 9.17) is 4.74 Å². The van der Waals surface area contributed by atoms with E-state index in [1.165, 1.54) is 19.1 Å². The Morgan fingerprint density at radius 2 is 1.93 bits per heavy atom. The average molecular weight is 427 g/mol. The van der Waals surface area contributed by atoms with Crippen LogP contribution in [0.15, 0.2) is 23.1 Å². The van der Waals surface area contributed by atoms with Crippen LogP contribution in [-0.2, 0) is 24.3 Å². The van der Waals surface area contributed by atoms with Gasteiger partial charge in [0.25, 0.3) is 0 Å². The highest BCUT2D eigenvalue weighted by Crippen LogP contribution is 2.23. The number of benzene rings is 1. The number of nitrogens with one attached hydrogen (secondary N) is 2. The van der Waals surface area contributed by atoms with Crippen LogP contribution in [-0.4, -0.2) is 56.5 Å². The molecule has 1 aromatic carbocycles. The Balaban J connectivity index is 1.65. The largest absolute Gasteiger partial charge is 0.360 e. The standard InChI is InChI=1S/C19H26FN3O5S/c1-13-11-15(7-8-16(13)20)29(26,27)23-9-4-10-28-17(23)12-21-18(24)19(25)22-14-5-2-3-6-14/h7-8,11,14,17H,2-6,9-10,12H2,1H3,(H,21,24)(H,22,25)/t17-/m0/s1. The minimum Gasteiger partial charge on any atom is -0.360 e. The molecule has 2 fully saturated rings. The van der Waals surface area contributed by atoms with E-state index in [0.717, 1.165) is 36.1 Å². The molecule has 0 bridgehead atoms. The molecule has 1 heterocycles. The smallest absolute Gasteiger partial charge is 0.309 e. The highest BCUT2D eigenvalue weighted by molar-refractivity contribution is 7.89. The summed E-state index contributed by atoms with van der Waals surface area (Å²) < 4.78 is 46.2. The van der Waals surface area contributed by atoms with Crippen molar-refractivity contribution in [2.45, 2.75) is 56.2 Å². The van der Waals surface area contributed by atoms with Gasteiger partial charge in [-0.3, -0.25) is 9.59 Å². The van der Waals surface area contributed by atoms with Gasteiger partial charge in [0, 0.05) is 12.6 Å². The van der Waals surface area contributed by atoms with Gasteiger partial charge in [-0.15, -0.1) is 0 Å². The van der Waals surface area contributed by atoms with Crippen LogP contribution in [0.25, 0.3) is 0 Å². The van der Waals surface area contributed by atoms with Gasteiger partial charge in [-0.1, -0.05) is 12.8 Å². The van der Waals surface area contributed by atoms with Gasteiger partial charge in [-0.25, -0.2) is 12.8 Å². The zero-order valence-corrected chi connectivity index (χ0v) is 17.1. The van der Waals surface area contributed by atoms with Crippen LogP contribution in [0.4, 0.5) is 4.39 Å². The Morgan fingerprint density at radius 1 is 1.21 bits per heavy atom. The first-order valence-electron chi connectivity index (χ1n) is 9.77. The molecule has 8 nitrogen and oxygen atoms in total. The van der Waals surface area contributed by atoms with Crippen LogP contribution in [0.1, 0.15) is 37.7 Å². The lowest BCUT2D eigenvalue weighted by Gasteiger charge is -2.34. The van der Waals surface area contributed by atoms with Crippen molar-refractivity contribution < 1.29 is 27.1 Å². The first-order chi connectivity index (χ1) is 13.8. The van der Waals surface area contributed by atoms with Crippen LogP contribution in [0, 0.1) is 12.7 Å². The molecule has 1 atom stereocenters. The maximum atomic E-state index is 13.5. The minimum atomic E-state index is -3.95. The lowest BCUT2D eigenvalue weighted by Crippen LogP contribution is -2.53. The summed E-state index contributed by atoms with van der Waals surface area (Å²) in [5.74, 6) is -2.03. The molecule has 2 N–H and O–H groups in total. The number of halogens is 1. The summed E-state index contributed by atoms with van der Waals surface area (Å²) in [6, 6.07) is 3.59. The molecule has 0 radical (unpaired) electrons. The van der Waals surface area contributed by atoms with Gasteiger partial charge in [0.2, 0.25) is 10.0 Å². The van der Waals surface area contributed by atoms with Crippen molar-refractivity contribution in [2.24, 2.45) is 0 Å². The van der Waals surface area contributed by atoms with E-state index in [0.29, 0.717) is 13.0 Å². The molecule has 0 spiro atoms. The molecule has 1 saturated carbocycles. The summed E-state index contributed by atoms with van der Waals surface area (Å²) >= 11 is 0. The molecule has 1 aliphatic carbocycles. The Kier molecular flexibility index (Phi) is 6.86. The minimum absolute atomic E-state index is 0.0118. The number of carbonyl (C=O) groups excluding carboxylic acids is 2. The fourth-order valence-electron chi connectivity index (χ4n) is 3.60. The van der Waals surface area contributed by atoms with Crippen LogP contribution in [0.2, 0.25) is 0 Å². The monoisotopic (exact) mass is 427 g/mol. The van der Waals surface area contributed by atoms with Gasteiger partial charge in [0.05, 0.1) is 18.0 Å². The molecule has 1 aliphatic heterocycles. The summed E-state index contributed by atoms with van der Waals surface area (Å²) in [5.41, 5.74) is 0.220. The predicted molar refractivity (Wildman–Crippen MR) is 103 cm³/mol. The zero-order chi connectivity index (χ0) is 21.0. The third kappa shape index (κ3) is 5.12. The molecule has 0 unspecified atom stereocenters. The molecule has 0 aromatic heterocycles. The lowest BCUT2D eigenvalue weighted by molar-refractivity contribution is -0.140. The van der Waals surface area contributed by atoms with Gasteiger partial charge in [0.1, 0.15) is 12.0 Å². The number of sulfonamides is 1. The Bertz CT molecular complexity index is 871. The van der Waals surface area contributed by atoms with E-state index in [2.05, 4.69) is 10.6 Å². The van der Waals surface area contributed by atoms with Crippen LogP contribution < -0.4 is 10.6 Å². The van der Waals surface area contributed by atoms with Gasteiger partial charge in [-0.05, 0) is 49.9 Å². The van der Waals surface area contributed by atoms with E-state index in [1.54, 1.807) is 0 Å². The van der Waals surface area contributed by atoms with Gasteiger partial charge in [0.15, 0.2) is 0 Å². The third-order valence-electron chi connectivity index (χ3n) is 5.22. The van der Waals surface area contributed by atoms with Crippen LogP contribution >= 0.6 is 0 Å². The molecule has 1 aromatic rings. The van der Waals surface area contributed by atoms with E-state index >= 15 is 0 Å². The summed E-state index contributed by atoms with van der Waals surface area (Å²) in [6.45, 7) is 1.87. The first kappa shape index (κ1) is 21.7. The quantitative estimate of drug-likeness (QED) is 0.684. The molecule has 160 valence electrons.